The van der Waals surface area contributed by atoms with Crippen LogP contribution < -0.4 is 9.47 Å². The van der Waals surface area contributed by atoms with Crippen LogP contribution in [0.3, 0.4) is 0 Å². The predicted octanol–water partition coefficient (Wildman–Crippen LogP) is 16.1. The highest BCUT2D eigenvalue weighted by atomic mass is 16.5. The minimum Gasteiger partial charge on any atom is -0.491 e. The third kappa shape index (κ3) is 7.71. The summed E-state index contributed by atoms with van der Waals surface area (Å²) in [6.45, 7) is 0.376. The number of benzene rings is 12. The van der Waals surface area contributed by atoms with Crippen molar-refractivity contribution < 1.29 is 19.7 Å². The molecular formula is C69H50O4. The lowest BCUT2D eigenvalue weighted by atomic mass is 9.66. The fraction of sp³-hybridized carbons (Fsp3) is 0.0725. The Balaban J connectivity index is 1.01. The molecule has 0 fully saturated rings. The first-order valence-electron chi connectivity index (χ1n) is 25.1. The maximum absolute atomic E-state index is 9.54. The first-order valence-corrected chi connectivity index (χ1v) is 25.1. The van der Waals surface area contributed by atoms with Crippen LogP contribution in [-0.2, 0) is 5.41 Å². The number of aliphatic hydroxyl groups is 2. The summed E-state index contributed by atoms with van der Waals surface area (Å²) in [6, 6.07) is 88.6. The van der Waals surface area contributed by atoms with Gasteiger partial charge in [0.05, 0.1) is 18.6 Å². The zero-order valence-electron chi connectivity index (χ0n) is 40.1. The SMILES string of the molecule is OCCOc1ccc2cc(C3(c4ccc5cc(OCCO)ccc5c4)c4cc(-c5ccc(-c6cccc7ccccc67)cc5)ccc4-c4ccc(-c5ccc(-c6cccc7ccccc67)cc5)cc43)ccc2c1. The first kappa shape index (κ1) is 44.2. The Hall–Kier alpha value is -8.80. The minimum absolute atomic E-state index is 0.0479. The van der Waals surface area contributed by atoms with E-state index in [9.17, 15) is 10.2 Å². The first-order chi connectivity index (χ1) is 36.0. The molecule has 12 aromatic carbocycles. The van der Waals surface area contributed by atoms with Crippen molar-refractivity contribution in [3.63, 3.8) is 0 Å². The number of hydrogen-bond acceptors (Lipinski definition) is 4. The van der Waals surface area contributed by atoms with Crippen molar-refractivity contribution in [3.8, 4) is 67.1 Å². The van der Waals surface area contributed by atoms with Gasteiger partial charge in [-0.15, -0.1) is 0 Å². The molecule has 0 amide bonds. The molecule has 0 spiro atoms. The molecule has 2 N–H and O–H groups in total. The van der Waals surface area contributed by atoms with Gasteiger partial charge in [-0.1, -0.05) is 194 Å². The molecular weight excluding hydrogens is 893 g/mol. The number of fused-ring (bicyclic) bond motifs is 7. The molecule has 1 aliphatic carbocycles. The van der Waals surface area contributed by atoms with Gasteiger partial charge in [-0.3, -0.25) is 0 Å². The van der Waals surface area contributed by atoms with Crippen molar-refractivity contribution in [1.82, 2.24) is 0 Å². The number of aliphatic hydroxyl groups excluding tert-OH is 2. The second-order valence-electron chi connectivity index (χ2n) is 19.1. The van der Waals surface area contributed by atoms with Crippen molar-refractivity contribution in [2.75, 3.05) is 26.4 Å². The summed E-state index contributed by atoms with van der Waals surface area (Å²) in [5.74, 6) is 1.45. The van der Waals surface area contributed by atoms with Gasteiger partial charge < -0.3 is 19.7 Å². The van der Waals surface area contributed by atoms with Crippen LogP contribution in [0.5, 0.6) is 11.5 Å². The maximum Gasteiger partial charge on any atom is 0.120 e. The Bertz CT molecular complexity index is 3780. The van der Waals surface area contributed by atoms with E-state index in [1.165, 1.54) is 66.1 Å². The van der Waals surface area contributed by atoms with E-state index in [0.29, 0.717) is 0 Å². The van der Waals surface area contributed by atoms with Crippen LogP contribution in [0.2, 0.25) is 0 Å². The highest BCUT2D eigenvalue weighted by Gasteiger charge is 2.47. The zero-order chi connectivity index (χ0) is 48.9. The van der Waals surface area contributed by atoms with Crippen molar-refractivity contribution in [2.24, 2.45) is 0 Å². The van der Waals surface area contributed by atoms with Gasteiger partial charge in [0.15, 0.2) is 0 Å². The van der Waals surface area contributed by atoms with Gasteiger partial charge in [-0.25, -0.2) is 0 Å². The molecule has 13 rings (SSSR count). The average molecular weight is 943 g/mol. The van der Waals surface area contributed by atoms with Gasteiger partial charge >= 0.3 is 0 Å². The Morgan fingerprint density at radius 2 is 0.671 bits per heavy atom. The number of ether oxygens (including phenoxy) is 2. The van der Waals surface area contributed by atoms with Crippen LogP contribution in [0.15, 0.2) is 243 Å². The summed E-state index contributed by atoms with van der Waals surface area (Å²) in [4.78, 5) is 0. The zero-order valence-corrected chi connectivity index (χ0v) is 40.1. The van der Waals surface area contributed by atoms with E-state index in [0.717, 1.165) is 66.4 Å². The molecule has 0 bridgehead atoms. The second kappa shape index (κ2) is 18.4. The Morgan fingerprint density at radius 1 is 0.288 bits per heavy atom. The van der Waals surface area contributed by atoms with Gasteiger partial charge in [0.2, 0.25) is 0 Å². The highest BCUT2D eigenvalue weighted by molar-refractivity contribution is 5.99. The molecule has 0 atom stereocenters. The van der Waals surface area contributed by atoms with E-state index < -0.39 is 5.41 Å². The average Bonchev–Trinajstić information content (AvgIpc) is 3.75. The molecule has 0 heterocycles. The third-order valence-electron chi connectivity index (χ3n) is 15.0. The van der Waals surface area contributed by atoms with Gasteiger partial charge in [-0.2, -0.15) is 0 Å². The molecule has 0 aromatic heterocycles. The fourth-order valence-electron chi connectivity index (χ4n) is 11.5. The summed E-state index contributed by atoms with van der Waals surface area (Å²) in [6.07, 6.45) is 0. The van der Waals surface area contributed by atoms with E-state index in [2.05, 4.69) is 231 Å². The van der Waals surface area contributed by atoms with Gasteiger partial charge in [0.1, 0.15) is 24.7 Å². The smallest absolute Gasteiger partial charge is 0.120 e. The number of hydrogen-bond donors (Lipinski definition) is 2. The van der Waals surface area contributed by atoms with E-state index in [1.807, 2.05) is 12.1 Å². The quantitative estimate of drug-likeness (QED) is 0.128. The Morgan fingerprint density at radius 3 is 1.12 bits per heavy atom. The van der Waals surface area contributed by atoms with Crippen LogP contribution in [0.4, 0.5) is 0 Å². The minimum atomic E-state index is -0.761. The molecule has 350 valence electrons. The highest BCUT2D eigenvalue weighted by Crippen LogP contribution is 2.58. The van der Waals surface area contributed by atoms with E-state index in [-0.39, 0.29) is 26.4 Å². The molecule has 0 radical (unpaired) electrons. The summed E-state index contributed by atoms with van der Waals surface area (Å²) < 4.78 is 11.8. The standard InChI is InChI=1S/C69H50O4/c70-35-37-72-59-31-25-51-39-57(29-23-53(51)41-59)69(58-30-24-54-42-60(73-38-36-71)32-26-52(54)40-58)67-43-55(45-15-19-49(20-16-45)63-13-5-9-47-7-1-3-11-61(47)63)27-33-65(67)66-34-28-56(44-68(66)69)46-17-21-50(22-18-46)64-14-6-10-48-8-2-4-12-62(48)64/h1-34,39-44,70-71H,35-38H2. The van der Waals surface area contributed by atoms with Gasteiger partial charge in [0, 0.05) is 0 Å². The Labute approximate surface area is 424 Å². The van der Waals surface area contributed by atoms with Gasteiger partial charge in [-0.05, 0) is 170 Å². The molecule has 4 nitrogen and oxygen atoms in total. The summed E-state index contributed by atoms with van der Waals surface area (Å²) >= 11 is 0. The predicted molar refractivity (Wildman–Crippen MR) is 301 cm³/mol. The molecule has 12 aromatic rings. The van der Waals surface area contributed by atoms with Crippen LogP contribution >= 0.6 is 0 Å². The largest absolute Gasteiger partial charge is 0.491 e. The second-order valence-corrected chi connectivity index (χ2v) is 19.1. The Kier molecular flexibility index (Phi) is 11.1. The topological polar surface area (TPSA) is 58.9 Å². The van der Waals surface area contributed by atoms with Gasteiger partial charge in [0.25, 0.3) is 0 Å². The van der Waals surface area contributed by atoms with E-state index in [4.69, 9.17) is 9.47 Å². The van der Waals surface area contributed by atoms with Crippen molar-refractivity contribution in [1.29, 1.82) is 0 Å². The molecule has 73 heavy (non-hydrogen) atoms. The van der Waals surface area contributed by atoms with Crippen molar-refractivity contribution in [3.05, 3.63) is 265 Å². The summed E-state index contributed by atoms with van der Waals surface area (Å²) in [5.41, 5.74) is 15.7. The fourth-order valence-corrected chi connectivity index (χ4v) is 11.5. The van der Waals surface area contributed by atoms with Crippen LogP contribution in [0.1, 0.15) is 22.3 Å². The molecule has 0 saturated carbocycles. The summed E-state index contributed by atoms with van der Waals surface area (Å²) in [7, 11) is 0. The van der Waals surface area contributed by atoms with Crippen LogP contribution in [0, 0.1) is 0 Å². The van der Waals surface area contributed by atoms with Crippen molar-refractivity contribution >= 4 is 43.1 Å². The molecule has 1 aliphatic rings. The normalized spacial score (nSPS) is 12.6. The molecule has 4 heteroatoms. The van der Waals surface area contributed by atoms with E-state index in [1.54, 1.807) is 0 Å². The summed E-state index contributed by atoms with van der Waals surface area (Å²) in [5, 5.41) is 28.3. The molecule has 0 aliphatic heterocycles. The molecule has 0 unspecified atom stereocenters. The molecule has 0 saturated heterocycles. The monoisotopic (exact) mass is 942 g/mol. The van der Waals surface area contributed by atoms with Crippen molar-refractivity contribution in [2.45, 2.75) is 5.41 Å². The van der Waals surface area contributed by atoms with Crippen LogP contribution in [-0.4, -0.2) is 36.6 Å². The number of rotatable bonds is 12. The van der Waals surface area contributed by atoms with E-state index >= 15 is 0 Å². The maximum atomic E-state index is 9.54. The third-order valence-corrected chi connectivity index (χ3v) is 15.0. The lowest BCUT2D eigenvalue weighted by Gasteiger charge is -2.35. The lowest BCUT2D eigenvalue weighted by Crippen LogP contribution is -2.28. The van der Waals surface area contributed by atoms with Crippen LogP contribution in [0.25, 0.3) is 98.7 Å². The lowest BCUT2D eigenvalue weighted by molar-refractivity contribution is 0.201.